The summed E-state index contributed by atoms with van der Waals surface area (Å²) in [5.41, 5.74) is 0.768. The Bertz CT molecular complexity index is 1350. The van der Waals surface area contributed by atoms with E-state index in [1.807, 2.05) is 42.5 Å². The second kappa shape index (κ2) is 12.0. The van der Waals surface area contributed by atoms with Crippen LogP contribution in [0.1, 0.15) is 32.6 Å². The molecule has 1 spiro atoms. The van der Waals surface area contributed by atoms with Crippen LogP contribution in [0.3, 0.4) is 0 Å². The number of hydrogen-bond donors (Lipinski definition) is 1. The average molecular weight is 576 g/mol. The van der Waals surface area contributed by atoms with E-state index in [0.29, 0.717) is 32.5 Å². The minimum Gasteiger partial charge on any atom is -0.396 e. The fraction of sp³-hybridized carbons (Fsp3) is 0.485. The average Bonchev–Trinajstić information content (AvgIpc) is 3.56. The van der Waals surface area contributed by atoms with Gasteiger partial charge in [0.15, 0.2) is 0 Å². The largest absolute Gasteiger partial charge is 0.396 e. The number of anilines is 1. The zero-order chi connectivity index (χ0) is 29.3. The van der Waals surface area contributed by atoms with Crippen molar-refractivity contribution >= 4 is 45.9 Å². The van der Waals surface area contributed by atoms with Gasteiger partial charge >= 0.3 is 0 Å². The number of unbranched alkanes of at least 4 members (excludes halogenated alkanes) is 2. The van der Waals surface area contributed by atoms with Crippen molar-refractivity contribution < 1.29 is 19.5 Å². The molecule has 5 rings (SSSR count). The second-order valence-electron chi connectivity index (χ2n) is 11.6. The molecule has 6 atom stereocenters. The van der Waals surface area contributed by atoms with E-state index in [1.54, 1.807) is 45.7 Å². The first kappa shape index (κ1) is 29.4. The van der Waals surface area contributed by atoms with Gasteiger partial charge in [-0.3, -0.25) is 14.4 Å². The predicted octanol–water partition coefficient (Wildman–Crippen LogP) is 4.50. The summed E-state index contributed by atoms with van der Waals surface area (Å²) in [6.07, 6.45) is 6.32. The number of aliphatic hydroxyl groups excluding tert-OH is 1. The van der Waals surface area contributed by atoms with Gasteiger partial charge in [0.05, 0.1) is 16.6 Å². The molecule has 8 heteroatoms. The molecule has 2 aromatic carbocycles. The molecular weight excluding hydrogens is 534 g/mol. The van der Waals surface area contributed by atoms with Crippen molar-refractivity contribution in [3.8, 4) is 0 Å². The van der Waals surface area contributed by atoms with Crippen molar-refractivity contribution in [3.63, 3.8) is 0 Å². The first-order valence-electron chi connectivity index (χ1n) is 14.7. The van der Waals surface area contributed by atoms with Crippen molar-refractivity contribution in [2.45, 2.75) is 48.6 Å². The van der Waals surface area contributed by atoms with E-state index < -0.39 is 22.6 Å². The number of amides is 3. The second-order valence-corrected chi connectivity index (χ2v) is 13.2. The van der Waals surface area contributed by atoms with Crippen molar-refractivity contribution in [2.75, 3.05) is 38.2 Å². The van der Waals surface area contributed by atoms with Crippen LogP contribution in [-0.2, 0) is 14.4 Å². The molecule has 0 aliphatic carbocycles. The maximum absolute atomic E-state index is 14.8. The number of nitrogens with zero attached hydrogens (tertiary/aromatic N) is 3. The molecule has 218 valence electrons. The minimum atomic E-state index is -0.687. The Labute approximate surface area is 247 Å². The number of fused-ring (bicyclic) bond motifs is 2. The lowest BCUT2D eigenvalue weighted by Gasteiger charge is -2.41. The van der Waals surface area contributed by atoms with Gasteiger partial charge in [-0.1, -0.05) is 49.4 Å². The van der Waals surface area contributed by atoms with Crippen LogP contribution in [0, 0.1) is 17.8 Å². The number of carbonyl (C=O) groups excluding carboxylic acids is 3. The molecule has 2 bridgehead atoms. The predicted molar refractivity (Wildman–Crippen MR) is 166 cm³/mol. The van der Waals surface area contributed by atoms with Crippen molar-refractivity contribution in [2.24, 2.45) is 17.8 Å². The van der Waals surface area contributed by atoms with E-state index in [2.05, 4.69) is 20.1 Å². The van der Waals surface area contributed by atoms with Crippen molar-refractivity contribution in [3.05, 3.63) is 67.8 Å². The molecule has 1 N–H and O–H groups in total. The van der Waals surface area contributed by atoms with E-state index in [4.69, 9.17) is 0 Å². The Hall–Kier alpha value is -3.10. The Kier molecular flexibility index (Phi) is 8.62. The maximum Gasteiger partial charge on any atom is 0.251 e. The number of likely N-dealkylation sites (N-methyl/N-ethyl adjacent to an activating group) is 1. The lowest BCUT2D eigenvalue weighted by Crippen LogP contribution is -2.57. The summed E-state index contributed by atoms with van der Waals surface area (Å²) in [4.78, 5) is 48.1. The van der Waals surface area contributed by atoms with Crippen LogP contribution in [0.2, 0.25) is 0 Å². The summed E-state index contributed by atoms with van der Waals surface area (Å²) >= 11 is 1.70. The molecule has 3 aliphatic heterocycles. The Morgan fingerprint density at radius 3 is 2.51 bits per heavy atom. The standard InChI is InChI=1S/C33H41N3O4S/c1-5-16-34(4)30(38)27-26-20-22(3)33(41-26)28(27)31(39)36(18-10-7-11-19-37)29(33)32(40)35(17-6-2)25-15-14-23-12-8-9-13-24(23)21-25/h5-6,8-9,12-15,21-22,26-29,37H,1-2,7,10-11,16-20H2,3-4H3/t22?,26-,27+,28+,29?,33?/m1/s1. The smallest absolute Gasteiger partial charge is 0.251 e. The zero-order valence-corrected chi connectivity index (χ0v) is 24.9. The van der Waals surface area contributed by atoms with Crippen LogP contribution >= 0.6 is 11.8 Å². The number of aliphatic hydroxyl groups is 1. The summed E-state index contributed by atoms with van der Waals surface area (Å²) in [5.74, 6) is -1.16. The van der Waals surface area contributed by atoms with Gasteiger partial charge < -0.3 is 19.8 Å². The number of likely N-dealkylation sites (tertiary alicyclic amines) is 1. The highest BCUT2D eigenvalue weighted by molar-refractivity contribution is 8.02. The van der Waals surface area contributed by atoms with E-state index in [0.717, 1.165) is 29.3 Å². The molecule has 0 radical (unpaired) electrons. The Morgan fingerprint density at radius 1 is 1.07 bits per heavy atom. The van der Waals surface area contributed by atoms with Gasteiger partial charge in [-0.15, -0.1) is 24.9 Å². The number of benzene rings is 2. The van der Waals surface area contributed by atoms with Gasteiger partial charge in [-0.2, -0.15) is 0 Å². The summed E-state index contributed by atoms with van der Waals surface area (Å²) in [6.45, 7) is 11.1. The summed E-state index contributed by atoms with van der Waals surface area (Å²) in [5, 5.41) is 11.4. The molecule has 3 heterocycles. The van der Waals surface area contributed by atoms with Crippen LogP contribution in [0.4, 0.5) is 5.69 Å². The monoisotopic (exact) mass is 575 g/mol. The molecule has 0 aromatic heterocycles. The van der Waals surface area contributed by atoms with E-state index >= 15 is 0 Å². The number of thioether (sulfide) groups is 1. The third-order valence-electron chi connectivity index (χ3n) is 9.22. The van der Waals surface area contributed by atoms with Gasteiger partial charge in [-0.05, 0) is 54.5 Å². The Balaban J connectivity index is 1.57. The molecular formula is C33H41N3O4S. The SMILES string of the molecule is C=CCN(C)C(=O)[C@@H]1[C@H]2C(=O)N(CCCCCO)C(C(=O)N(CC=C)c3ccc4ccccc4c3)C23S[C@@H]1CC3C. The summed E-state index contributed by atoms with van der Waals surface area (Å²) < 4.78 is -0.679. The highest BCUT2D eigenvalue weighted by Gasteiger charge is 2.76. The molecule has 7 nitrogen and oxygen atoms in total. The van der Waals surface area contributed by atoms with Gasteiger partial charge in [-0.25, -0.2) is 0 Å². The summed E-state index contributed by atoms with van der Waals surface area (Å²) in [7, 11) is 1.76. The Morgan fingerprint density at radius 2 is 1.80 bits per heavy atom. The number of hydrogen-bond acceptors (Lipinski definition) is 5. The van der Waals surface area contributed by atoms with E-state index in [9.17, 15) is 19.5 Å². The molecule has 0 saturated carbocycles. The van der Waals surface area contributed by atoms with Crippen LogP contribution in [0.15, 0.2) is 67.8 Å². The fourth-order valence-electron chi connectivity index (χ4n) is 7.37. The third kappa shape index (κ3) is 4.89. The number of carbonyl (C=O) groups is 3. The van der Waals surface area contributed by atoms with Gasteiger partial charge in [0.25, 0.3) is 5.91 Å². The van der Waals surface area contributed by atoms with Crippen LogP contribution < -0.4 is 4.90 Å². The summed E-state index contributed by atoms with van der Waals surface area (Å²) in [6, 6.07) is 13.4. The first-order chi connectivity index (χ1) is 19.8. The molecule has 2 aromatic rings. The highest BCUT2D eigenvalue weighted by atomic mass is 32.2. The molecule has 3 amide bonds. The molecule has 3 saturated heterocycles. The number of rotatable bonds is 12. The van der Waals surface area contributed by atoms with E-state index in [1.165, 1.54) is 0 Å². The van der Waals surface area contributed by atoms with Crippen molar-refractivity contribution in [1.29, 1.82) is 0 Å². The highest BCUT2D eigenvalue weighted by Crippen LogP contribution is 2.69. The molecule has 3 fully saturated rings. The van der Waals surface area contributed by atoms with Gasteiger partial charge in [0.2, 0.25) is 11.8 Å². The van der Waals surface area contributed by atoms with Crippen LogP contribution in [0.5, 0.6) is 0 Å². The maximum atomic E-state index is 14.8. The van der Waals surface area contributed by atoms with E-state index in [-0.39, 0.29) is 35.5 Å². The lowest BCUT2D eigenvalue weighted by molar-refractivity contribution is -0.143. The topological polar surface area (TPSA) is 81.2 Å². The fourth-order valence-corrected chi connectivity index (χ4v) is 9.78. The van der Waals surface area contributed by atoms with Gasteiger partial charge in [0, 0.05) is 44.2 Å². The molecule has 41 heavy (non-hydrogen) atoms. The lowest BCUT2D eigenvalue weighted by atomic mass is 9.65. The van der Waals surface area contributed by atoms with Crippen molar-refractivity contribution in [1.82, 2.24) is 9.80 Å². The van der Waals surface area contributed by atoms with Crippen LogP contribution in [-0.4, -0.2) is 82.0 Å². The molecule has 3 unspecified atom stereocenters. The van der Waals surface area contributed by atoms with Crippen LogP contribution in [0.25, 0.3) is 10.8 Å². The first-order valence-corrected chi connectivity index (χ1v) is 15.5. The van der Waals surface area contributed by atoms with Gasteiger partial charge in [0.1, 0.15) is 6.04 Å². The molecule has 3 aliphatic rings. The third-order valence-corrected chi connectivity index (χ3v) is 11.3. The normalized spacial score (nSPS) is 28.1. The zero-order valence-electron chi connectivity index (χ0n) is 24.1. The minimum absolute atomic E-state index is 0.000854. The quantitative estimate of drug-likeness (QED) is 0.298.